The molecule has 0 aliphatic carbocycles. The first-order chi connectivity index (χ1) is 7.50. The summed E-state index contributed by atoms with van der Waals surface area (Å²) in [5, 5.41) is 12.2. The minimum absolute atomic E-state index is 0.107. The van der Waals surface area contributed by atoms with Gasteiger partial charge in [-0.3, -0.25) is 4.79 Å². The highest BCUT2D eigenvalue weighted by atomic mass is 16.3. The summed E-state index contributed by atoms with van der Waals surface area (Å²) < 4.78 is 0. The molecule has 0 saturated heterocycles. The van der Waals surface area contributed by atoms with Crippen molar-refractivity contribution in [3.8, 4) is 5.75 Å². The average Bonchev–Trinajstić information content (AvgIpc) is 2.21. The molecule has 0 radical (unpaired) electrons. The molecule has 88 valence electrons. The second kappa shape index (κ2) is 5.51. The topological polar surface area (TPSA) is 52.6 Å². The average molecular weight is 222 g/mol. The number of carbonyl (C=O) groups is 1. The second-order valence-electron chi connectivity index (χ2n) is 4.06. The fourth-order valence-corrected chi connectivity index (χ4v) is 1.29. The number of likely N-dealkylation sites (N-methyl/N-ethyl adjacent to an activating group) is 1. The SMILES string of the molecule is Cc1cc(C(=O)NCCN(C)C)ccc1O. The van der Waals surface area contributed by atoms with Crippen molar-refractivity contribution in [2.75, 3.05) is 27.2 Å². The Hall–Kier alpha value is -1.55. The van der Waals surface area contributed by atoms with Crippen LogP contribution < -0.4 is 5.32 Å². The highest BCUT2D eigenvalue weighted by Crippen LogP contribution is 2.16. The van der Waals surface area contributed by atoms with Crippen molar-refractivity contribution in [1.82, 2.24) is 10.2 Å². The third-order valence-electron chi connectivity index (χ3n) is 2.30. The van der Waals surface area contributed by atoms with Gasteiger partial charge in [0.2, 0.25) is 0 Å². The molecule has 0 aromatic heterocycles. The van der Waals surface area contributed by atoms with Crippen LogP contribution in [0.25, 0.3) is 0 Å². The van der Waals surface area contributed by atoms with Crippen LogP contribution in [-0.2, 0) is 0 Å². The van der Waals surface area contributed by atoms with E-state index in [-0.39, 0.29) is 11.7 Å². The molecule has 0 aliphatic rings. The van der Waals surface area contributed by atoms with E-state index < -0.39 is 0 Å². The van der Waals surface area contributed by atoms with Crippen LogP contribution in [0.5, 0.6) is 5.75 Å². The quantitative estimate of drug-likeness (QED) is 0.799. The Labute approximate surface area is 95.9 Å². The Bertz CT molecular complexity index is 375. The smallest absolute Gasteiger partial charge is 0.251 e. The Morgan fingerprint density at radius 2 is 2.12 bits per heavy atom. The first-order valence-corrected chi connectivity index (χ1v) is 5.23. The molecule has 0 fully saturated rings. The fraction of sp³-hybridized carbons (Fsp3) is 0.417. The highest BCUT2D eigenvalue weighted by Gasteiger charge is 2.06. The lowest BCUT2D eigenvalue weighted by Crippen LogP contribution is -2.31. The normalized spacial score (nSPS) is 10.5. The minimum atomic E-state index is -0.107. The fourth-order valence-electron chi connectivity index (χ4n) is 1.29. The number of hydrogen-bond donors (Lipinski definition) is 2. The van der Waals surface area contributed by atoms with Crippen LogP contribution in [0.3, 0.4) is 0 Å². The number of phenolic OH excluding ortho intramolecular Hbond substituents is 1. The number of aromatic hydroxyl groups is 1. The van der Waals surface area contributed by atoms with Crippen molar-refractivity contribution in [2.24, 2.45) is 0 Å². The number of aryl methyl sites for hydroxylation is 1. The number of amides is 1. The number of nitrogens with zero attached hydrogens (tertiary/aromatic N) is 1. The van der Waals surface area contributed by atoms with Crippen molar-refractivity contribution in [2.45, 2.75) is 6.92 Å². The summed E-state index contributed by atoms with van der Waals surface area (Å²) in [5.74, 6) is 0.106. The lowest BCUT2D eigenvalue weighted by molar-refractivity contribution is 0.0951. The van der Waals surface area contributed by atoms with E-state index in [1.807, 2.05) is 19.0 Å². The van der Waals surface area contributed by atoms with Gasteiger partial charge >= 0.3 is 0 Å². The zero-order valence-corrected chi connectivity index (χ0v) is 9.95. The van der Waals surface area contributed by atoms with Crippen molar-refractivity contribution >= 4 is 5.91 Å². The van der Waals surface area contributed by atoms with Gasteiger partial charge in [0, 0.05) is 18.7 Å². The largest absolute Gasteiger partial charge is 0.508 e. The van der Waals surface area contributed by atoms with Crippen LogP contribution in [0.1, 0.15) is 15.9 Å². The van der Waals surface area contributed by atoms with E-state index in [0.717, 1.165) is 6.54 Å². The van der Waals surface area contributed by atoms with Gasteiger partial charge in [-0.05, 0) is 44.8 Å². The summed E-state index contributed by atoms with van der Waals surface area (Å²) in [7, 11) is 3.91. The molecular weight excluding hydrogens is 204 g/mol. The molecule has 4 heteroatoms. The minimum Gasteiger partial charge on any atom is -0.508 e. The summed E-state index contributed by atoms with van der Waals surface area (Å²) in [4.78, 5) is 13.7. The lowest BCUT2D eigenvalue weighted by Gasteiger charge is -2.10. The van der Waals surface area contributed by atoms with Crippen molar-refractivity contribution in [3.63, 3.8) is 0 Å². The van der Waals surface area contributed by atoms with Gasteiger partial charge in [0.05, 0.1) is 0 Å². The highest BCUT2D eigenvalue weighted by molar-refractivity contribution is 5.94. The third-order valence-corrected chi connectivity index (χ3v) is 2.30. The molecule has 16 heavy (non-hydrogen) atoms. The van der Waals surface area contributed by atoms with Gasteiger partial charge in [0.25, 0.3) is 5.91 Å². The zero-order valence-electron chi connectivity index (χ0n) is 9.95. The molecule has 0 spiro atoms. The maximum absolute atomic E-state index is 11.7. The summed E-state index contributed by atoms with van der Waals surface area (Å²) in [6.07, 6.45) is 0. The van der Waals surface area contributed by atoms with Crippen molar-refractivity contribution < 1.29 is 9.90 Å². The van der Waals surface area contributed by atoms with Crippen LogP contribution in [0.2, 0.25) is 0 Å². The molecular formula is C12H18N2O2. The van der Waals surface area contributed by atoms with Gasteiger partial charge in [0.15, 0.2) is 0 Å². The number of nitrogens with one attached hydrogen (secondary N) is 1. The Morgan fingerprint density at radius 3 is 2.69 bits per heavy atom. The molecule has 0 saturated carbocycles. The van der Waals surface area contributed by atoms with Gasteiger partial charge in [-0.15, -0.1) is 0 Å². The molecule has 0 atom stereocenters. The van der Waals surface area contributed by atoms with Gasteiger partial charge in [0.1, 0.15) is 5.75 Å². The summed E-state index contributed by atoms with van der Waals surface area (Å²) in [6, 6.07) is 4.84. The number of benzene rings is 1. The van der Waals surface area contributed by atoms with Crippen LogP contribution in [0.4, 0.5) is 0 Å². The third kappa shape index (κ3) is 3.55. The monoisotopic (exact) mass is 222 g/mol. The van der Waals surface area contributed by atoms with Gasteiger partial charge in [-0.1, -0.05) is 0 Å². The molecule has 0 unspecified atom stereocenters. The predicted molar refractivity (Wildman–Crippen MR) is 63.7 cm³/mol. The van der Waals surface area contributed by atoms with E-state index in [1.54, 1.807) is 19.1 Å². The maximum atomic E-state index is 11.7. The first kappa shape index (κ1) is 12.5. The van der Waals surface area contributed by atoms with E-state index in [9.17, 15) is 9.90 Å². The maximum Gasteiger partial charge on any atom is 0.251 e. The molecule has 0 bridgehead atoms. The van der Waals surface area contributed by atoms with E-state index in [1.165, 1.54) is 6.07 Å². The van der Waals surface area contributed by atoms with Gasteiger partial charge < -0.3 is 15.3 Å². The van der Waals surface area contributed by atoms with Gasteiger partial charge in [-0.2, -0.15) is 0 Å². The molecule has 0 heterocycles. The predicted octanol–water partition coefficient (Wildman–Crippen LogP) is 0.992. The van der Waals surface area contributed by atoms with E-state index >= 15 is 0 Å². The van der Waals surface area contributed by atoms with Gasteiger partial charge in [-0.25, -0.2) is 0 Å². The molecule has 1 amide bonds. The van der Waals surface area contributed by atoms with Crippen LogP contribution in [0.15, 0.2) is 18.2 Å². The summed E-state index contributed by atoms with van der Waals surface area (Å²) >= 11 is 0. The molecule has 2 N–H and O–H groups in total. The van der Waals surface area contributed by atoms with Crippen LogP contribution >= 0.6 is 0 Å². The molecule has 0 aliphatic heterocycles. The molecule has 1 aromatic rings. The summed E-state index contributed by atoms with van der Waals surface area (Å²) in [6.45, 7) is 3.19. The Balaban J connectivity index is 2.56. The Morgan fingerprint density at radius 1 is 1.44 bits per heavy atom. The Kier molecular flexibility index (Phi) is 4.31. The van der Waals surface area contributed by atoms with E-state index in [2.05, 4.69) is 5.32 Å². The molecule has 4 nitrogen and oxygen atoms in total. The van der Waals surface area contributed by atoms with Crippen LogP contribution in [0, 0.1) is 6.92 Å². The first-order valence-electron chi connectivity index (χ1n) is 5.23. The second-order valence-corrected chi connectivity index (χ2v) is 4.06. The number of hydrogen-bond acceptors (Lipinski definition) is 3. The lowest BCUT2D eigenvalue weighted by atomic mass is 10.1. The van der Waals surface area contributed by atoms with E-state index in [0.29, 0.717) is 17.7 Å². The molecule has 1 aromatic carbocycles. The van der Waals surface area contributed by atoms with Crippen LogP contribution in [-0.4, -0.2) is 43.1 Å². The zero-order chi connectivity index (χ0) is 12.1. The number of rotatable bonds is 4. The summed E-state index contributed by atoms with van der Waals surface area (Å²) in [5.41, 5.74) is 1.29. The van der Waals surface area contributed by atoms with Crippen molar-refractivity contribution in [3.05, 3.63) is 29.3 Å². The van der Waals surface area contributed by atoms with Crippen molar-refractivity contribution in [1.29, 1.82) is 0 Å². The standard InChI is InChI=1S/C12H18N2O2/c1-9-8-10(4-5-11(9)15)12(16)13-6-7-14(2)3/h4-5,8,15H,6-7H2,1-3H3,(H,13,16). The number of carbonyl (C=O) groups excluding carboxylic acids is 1. The van der Waals surface area contributed by atoms with E-state index in [4.69, 9.17) is 0 Å². The number of phenols is 1. The molecule has 1 rings (SSSR count).